The first-order valence-electron chi connectivity index (χ1n) is 7.32. The van der Waals surface area contributed by atoms with Crippen LogP contribution in [0.1, 0.15) is 39.4 Å². The van der Waals surface area contributed by atoms with Crippen molar-refractivity contribution in [1.29, 1.82) is 0 Å². The molecule has 2 heterocycles. The first-order chi connectivity index (χ1) is 10.1. The maximum atomic E-state index is 12.6. The van der Waals surface area contributed by atoms with E-state index in [1.807, 2.05) is 4.90 Å². The molecule has 1 fully saturated rings. The summed E-state index contributed by atoms with van der Waals surface area (Å²) in [5.74, 6) is 0.187. The monoisotopic (exact) mass is 340 g/mol. The van der Waals surface area contributed by atoms with Crippen molar-refractivity contribution in [3.05, 3.63) is 21.4 Å². The summed E-state index contributed by atoms with van der Waals surface area (Å²) in [7, 11) is 0. The van der Waals surface area contributed by atoms with E-state index in [0.717, 1.165) is 43.6 Å². The Morgan fingerprint density at radius 1 is 1.43 bits per heavy atom. The lowest BCUT2D eigenvalue weighted by Gasteiger charge is -2.39. The Morgan fingerprint density at radius 3 is 2.71 bits per heavy atom. The van der Waals surface area contributed by atoms with Crippen molar-refractivity contribution in [2.45, 2.75) is 36.9 Å². The number of fused-ring (bicyclic) bond motifs is 1. The van der Waals surface area contributed by atoms with E-state index in [4.69, 9.17) is 18.0 Å². The Morgan fingerprint density at radius 2 is 2.14 bits per heavy atom. The van der Waals surface area contributed by atoms with Crippen molar-refractivity contribution in [2.75, 3.05) is 19.3 Å². The highest BCUT2D eigenvalue weighted by Crippen LogP contribution is 2.36. The van der Waals surface area contributed by atoms with Gasteiger partial charge in [-0.25, -0.2) is 0 Å². The summed E-state index contributed by atoms with van der Waals surface area (Å²) in [4.78, 5) is 17.5. The standard InChI is InChI=1S/C15H20N2OS3/c1-20-15(14(16)19)5-7-17(8-6-15)13(18)12-9-10-3-2-4-11(10)21-12/h9H,2-8H2,1H3,(H2,16,19). The molecule has 1 aliphatic heterocycles. The van der Waals surface area contributed by atoms with E-state index in [9.17, 15) is 4.79 Å². The second-order valence-electron chi connectivity index (χ2n) is 5.77. The van der Waals surface area contributed by atoms with Crippen LogP contribution in [-0.2, 0) is 12.8 Å². The summed E-state index contributed by atoms with van der Waals surface area (Å²) in [6.45, 7) is 1.50. The highest BCUT2D eigenvalue weighted by molar-refractivity contribution is 8.02. The SMILES string of the molecule is CSC1(C(N)=S)CCN(C(=O)c2cc3c(s2)CCC3)CC1. The van der Waals surface area contributed by atoms with Crippen LogP contribution in [0.4, 0.5) is 0 Å². The zero-order valence-corrected chi connectivity index (χ0v) is 14.6. The van der Waals surface area contributed by atoms with Gasteiger partial charge < -0.3 is 10.6 Å². The summed E-state index contributed by atoms with van der Waals surface area (Å²) < 4.78 is -0.122. The number of likely N-dealkylation sites (tertiary alicyclic amines) is 1. The quantitative estimate of drug-likeness (QED) is 0.860. The van der Waals surface area contributed by atoms with Crippen molar-refractivity contribution in [3.63, 3.8) is 0 Å². The molecule has 1 aromatic heterocycles. The molecule has 114 valence electrons. The van der Waals surface area contributed by atoms with Crippen molar-refractivity contribution >= 4 is 46.2 Å². The third-order valence-electron chi connectivity index (χ3n) is 4.66. The van der Waals surface area contributed by atoms with E-state index < -0.39 is 0 Å². The Hall–Kier alpha value is -0.590. The fraction of sp³-hybridized carbons (Fsp3) is 0.600. The number of thioether (sulfide) groups is 1. The lowest BCUT2D eigenvalue weighted by Crippen LogP contribution is -2.50. The lowest BCUT2D eigenvalue weighted by atomic mass is 9.95. The predicted molar refractivity (Wildman–Crippen MR) is 94.5 cm³/mol. The number of nitrogens with zero attached hydrogens (tertiary/aromatic N) is 1. The van der Waals surface area contributed by atoms with Gasteiger partial charge in [-0.15, -0.1) is 11.3 Å². The summed E-state index contributed by atoms with van der Waals surface area (Å²) in [6.07, 6.45) is 7.30. The summed E-state index contributed by atoms with van der Waals surface area (Å²) in [5, 5.41) is 0. The second-order valence-corrected chi connectivity index (χ2v) is 8.53. The van der Waals surface area contributed by atoms with Crippen LogP contribution < -0.4 is 5.73 Å². The Balaban J connectivity index is 1.69. The molecule has 21 heavy (non-hydrogen) atoms. The number of aryl methyl sites for hydroxylation is 2. The van der Waals surface area contributed by atoms with E-state index in [1.165, 1.54) is 16.9 Å². The first-order valence-corrected chi connectivity index (χ1v) is 9.76. The average Bonchev–Trinajstić information content (AvgIpc) is 3.07. The van der Waals surface area contributed by atoms with Crippen molar-refractivity contribution in [1.82, 2.24) is 4.90 Å². The van der Waals surface area contributed by atoms with Gasteiger partial charge in [0, 0.05) is 18.0 Å². The van der Waals surface area contributed by atoms with E-state index in [0.29, 0.717) is 4.99 Å². The van der Waals surface area contributed by atoms with Gasteiger partial charge in [-0.05, 0) is 50.0 Å². The molecule has 0 spiro atoms. The van der Waals surface area contributed by atoms with Crippen molar-refractivity contribution in [3.8, 4) is 0 Å². The molecule has 1 saturated heterocycles. The predicted octanol–water partition coefficient (Wildman–Crippen LogP) is 2.86. The number of hydrogen-bond donors (Lipinski definition) is 1. The molecule has 0 saturated carbocycles. The van der Waals surface area contributed by atoms with Gasteiger partial charge in [0.2, 0.25) is 0 Å². The molecular weight excluding hydrogens is 320 g/mol. The van der Waals surface area contributed by atoms with Gasteiger partial charge in [0.15, 0.2) is 0 Å². The molecule has 1 aromatic rings. The molecule has 2 aliphatic rings. The molecule has 1 aliphatic carbocycles. The molecule has 0 atom stereocenters. The second kappa shape index (κ2) is 5.89. The van der Waals surface area contributed by atoms with Gasteiger partial charge in [-0.3, -0.25) is 4.79 Å². The molecule has 0 bridgehead atoms. The number of amides is 1. The highest BCUT2D eigenvalue weighted by Gasteiger charge is 2.38. The Kier molecular flexibility index (Phi) is 4.30. The van der Waals surface area contributed by atoms with Crippen LogP contribution in [0.25, 0.3) is 0 Å². The minimum absolute atomic E-state index is 0.122. The number of nitrogens with two attached hydrogens (primary N) is 1. The number of piperidine rings is 1. The molecule has 6 heteroatoms. The minimum Gasteiger partial charge on any atom is -0.392 e. The third-order valence-corrected chi connectivity index (χ3v) is 7.81. The molecule has 2 N–H and O–H groups in total. The van der Waals surface area contributed by atoms with Gasteiger partial charge in [0.1, 0.15) is 0 Å². The van der Waals surface area contributed by atoms with Gasteiger partial charge in [0.05, 0.1) is 14.6 Å². The maximum absolute atomic E-state index is 12.6. The maximum Gasteiger partial charge on any atom is 0.263 e. The normalized spacial score (nSPS) is 20.3. The van der Waals surface area contributed by atoms with Crippen LogP contribution in [0.2, 0.25) is 0 Å². The Bertz CT molecular complexity index is 552. The van der Waals surface area contributed by atoms with Crippen LogP contribution in [0.3, 0.4) is 0 Å². The summed E-state index contributed by atoms with van der Waals surface area (Å²) >= 11 is 8.64. The summed E-state index contributed by atoms with van der Waals surface area (Å²) in [5.41, 5.74) is 7.29. The smallest absolute Gasteiger partial charge is 0.263 e. The van der Waals surface area contributed by atoms with Gasteiger partial charge in [0.25, 0.3) is 5.91 Å². The van der Waals surface area contributed by atoms with Crippen LogP contribution >= 0.6 is 35.3 Å². The molecule has 3 rings (SSSR count). The van der Waals surface area contributed by atoms with E-state index in [1.54, 1.807) is 23.1 Å². The van der Waals surface area contributed by atoms with Crippen LogP contribution in [0.5, 0.6) is 0 Å². The van der Waals surface area contributed by atoms with E-state index >= 15 is 0 Å². The van der Waals surface area contributed by atoms with Gasteiger partial charge in [-0.1, -0.05) is 12.2 Å². The number of carbonyl (C=O) groups excluding carboxylic acids is 1. The van der Waals surface area contributed by atoms with E-state index in [-0.39, 0.29) is 10.7 Å². The third kappa shape index (κ3) is 2.73. The van der Waals surface area contributed by atoms with Crippen LogP contribution in [-0.4, -0.2) is 39.9 Å². The van der Waals surface area contributed by atoms with E-state index in [2.05, 4.69) is 12.3 Å². The number of thiocarbonyl (C=S) groups is 1. The van der Waals surface area contributed by atoms with Crippen molar-refractivity contribution < 1.29 is 4.79 Å². The highest BCUT2D eigenvalue weighted by atomic mass is 32.2. The molecule has 3 nitrogen and oxygen atoms in total. The lowest BCUT2D eigenvalue weighted by molar-refractivity contribution is 0.0723. The fourth-order valence-electron chi connectivity index (χ4n) is 3.21. The van der Waals surface area contributed by atoms with Gasteiger partial charge >= 0.3 is 0 Å². The number of hydrogen-bond acceptors (Lipinski definition) is 4. The molecule has 0 aromatic carbocycles. The first kappa shape index (κ1) is 15.3. The average molecular weight is 341 g/mol. The zero-order valence-electron chi connectivity index (χ0n) is 12.2. The van der Waals surface area contributed by atoms with Crippen LogP contribution in [0, 0.1) is 0 Å². The zero-order chi connectivity index (χ0) is 15.0. The molecular formula is C15H20N2OS3. The van der Waals surface area contributed by atoms with Gasteiger partial charge in [-0.2, -0.15) is 11.8 Å². The number of thiophene rings is 1. The topological polar surface area (TPSA) is 46.3 Å². The number of rotatable bonds is 3. The summed E-state index contributed by atoms with van der Waals surface area (Å²) in [6, 6.07) is 2.11. The fourth-order valence-corrected chi connectivity index (χ4v) is 5.68. The molecule has 0 unspecified atom stereocenters. The minimum atomic E-state index is -0.122. The van der Waals surface area contributed by atoms with Crippen molar-refractivity contribution in [2.24, 2.45) is 5.73 Å². The number of carbonyl (C=O) groups is 1. The molecule has 0 radical (unpaired) electrons. The largest absolute Gasteiger partial charge is 0.392 e. The molecule has 1 amide bonds. The van der Waals surface area contributed by atoms with Crippen LogP contribution in [0.15, 0.2) is 6.07 Å². The Labute approximate surface area is 139 Å².